The number of ether oxygens (including phenoxy) is 1. The smallest absolute Gasteiger partial charge is 0.257 e. The fraction of sp³-hybridized carbons (Fsp3) is 0.308. The lowest BCUT2D eigenvalue weighted by atomic mass is 10.2. The summed E-state index contributed by atoms with van der Waals surface area (Å²) in [6.45, 7) is 4.84. The molecule has 1 N–H and O–H groups in total. The molecule has 2 aromatic rings. The van der Waals surface area contributed by atoms with E-state index in [2.05, 4.69) is 29.4 Å². The van der Waals surface area contributed by atoms with Gasteiger partial charge in [-0.2, -0.15) is 0 Å². The van der Waals surface area contributed by atoms with Crippen molar-refractivity contribution in [3.8, 4) is 5.75 Å². The summed E-state index contributed by atoms with van der Waals surface area (Å²) in [5.74, 6) is 1.04. The van der Waals surface area contributed by atoms with Crippen molar-refractivity contribution in [1.82, 2.24) is 10.2 Å². The van der Waals surface area contributed by atoms with E-state index in [1.165, 1.54) is 11.3 Å². The van der Waals surface area contributed by atoms with Crippen molar-refractivity contribution in [2.24, 2.45) is 5.92 Å². The van der Waals surface area contributed by atoms with Gasteiger partial charge in [-0.1, -0.05) is 25.2 Å². The fourth-order valence-electron chi connectivity index (χ4n) is 1.36. The second-order valence-electron chi connectivity index (χ2n) is 4.43. The Morgan fingerprint density at radius 1 is 1.37 bits per heavy atom. The molecular formula is C13H15N3O2S. The number of rotatable bonds is 5. The number of anilines is 1. The molecule has 100 valence electrons. The predicted octanol–water partition coefficient (Wildman–Crippen LogP) is 2.83. The lowest BCUT2D eigenvalue weighted by molar-refractivity contribution is 0.102. The van der Waals surface area contributed by atoms with Crippen LogP contribution in [0, 0.1) is 5.92 Å². The Labute approximate surface area is 115 Å². The molecular weight excluding hydrogens is 262 g/mol. The second kappa shape index (κ2) is 6.29. The van der Waals surface area contributed by atoms with E-state index in [0.29, 0.717) is 23.2 Å². The fourth-order valence-corrected chi connectivity index (χ4v) is 1.80. The first kappa shape index (κ1) is 13.5. The molecule has 19 heavy (non-hydrogen) atoms. The van der Waals surface area contributed by atoms with E-state index >= 15 is 0 Å². The normalized spacial score (nSPS) is 10.5. The van der Waals surface area contributed by atoms with Crippen LogP contribution in [0.5, 0.6) is 5.75 Å². The molecule has 2 rings (SSSR count). The average Bonchev–Trinajstić information content (AvgIpc) is 2.89. The van der Waals surface area contributed by atoms with E-state index in [1.807, 2.05) is 0 Å². The molecule has 0 aliphatic rings. The third-order valence-corrected chi connectivity index (χ3v) is 2.89. The Hall–Kier alpha value is -1.95. The van der Waals surface area contributed by atoms with E-state index in [9.17, 15) is 4.79 Å². The third kappa shape index (κ3) is 4.03. The topological polar surface area (TPSA) is 64.1 Å². The predicted molar refractivity (Wildman–Crippen MR) is 74.6 cm³/mol. The Morgan fingerprint density at radius 2 is 2.11 bits per heavy atom. The zero-order valence-corrected chi connectivity index (χ0v) is 11.6. The molecule has 5 nitrogen and oxygen atoms in total. The zero-order chi connectivity index (χ0) is 13.7. The summed E-state index contributed by atoms with van der Waals surface area (Å²) in [5.41, 5.74) is 2.13. The quantitative estimate of drug-likeness (QED) is 0.912. The molecule has 1 aromatic heterocycles. The van der Waals surface area contributed by atoms with Gasteiger partial charge >= 0.3 is 0 Å². The van der Waals surface area contributed by atoms with Crippen LogP contribution in [0.2, 0.25) is 0 Å². The summed E-state index contributed by atoms with van der Waals surface area (Å²) in [5, 5.41) is 10.6. The van der Waals surface area contributed by atoms with Crippen LogP contribution >= 0.6 is 11.3 Å². The highest BCUT2D eigenvalue weighted by Crippen LogP contribution is 2.15. The maximum absolute atomic E-state index is 11.9. The highest BCUT2D eigenvalue weighted by Gasteiger charge is 2.08. The number of hydrogen-bond acceptors (Lipinski definition) is 5. The molecule has 0 saturated heterocycles. The summed E-state index contributed by atoms with van der Waals surface area (Å²) in [4.78, 5) is 11.9. The van der Waals surface area contributed by atoms with Crippen molar-refractivity contribution in [2.45, 2.75) is 13.8 Å². The summed E-state index contributed by atoms with van der Waals surface area (Å²) in [6.07, 6.45) is 0. The molecule has 0 radical (unpaired) electrons. The van der Waals surface area contributed by atoms with E-state index in [4.69, 9.17) is 4.74 Å². The van der Waals surface area contributed by atoms with Gasteiger partial charge in [-0.05, 0) is 30.2 Å². The molecule has 0 saturated carbocycles. The monoisotopic (exact) mass is 277 g/mol. The Morgan fingerprint density at radius 3 is 2.68 bits per heavy atom. The second-order valence-corrected chi connectivity index (χ2v) is 5.26. The van der Waals surface area contributed by atoms with Crippen LogP contribution < -0.4 is 10.1 Å². The number of aromatic nitrogens is 2. The Kier molecular flexibility index (Phi) is 4.46. The maximum Gasteiger partial charge on any atom is 0.257 e. The van der Waals surface area contributed by atoms with E-state index in [0.717, 1.165) is 5.75 Å². The number of nitrogens with zero attached hydrogens (tertiary/aromatic N) is 2. The Bertz CT molecular complexity index is 523. The van der Waals surface area contributed by atoms with Gasteiger partial charge in [0.1, 0.15) is 11.3 Å². The average molecular weight is 277 g/mol. The molecule has 0 spiro atoms. The zero-order valence-electron chi connectivity index (χ0n) is 10.8. The molecule has 0 fully saturated rings. The lowest BCUT2D eigenvalue weighted by Crippen LogP contribution is -2.11. The molecule has 6 heteroatoms. The minimum absolute atomic E-state index is 0.202. The highest BCUT2D eigenvalue weighted by atomic mass is 32.1. The van der Waals surface area contributed by atoms with Crippen LogP contribution in [0.4, 0.5) is 5.13 Å². The van der Waals surface area contributed by atoms with Gasteiger partial charge in [0.15, 0.2) is 0 Å². The molecule has 1 aromatic carbocycles. The lowest BCUT2D eigenvalue weighted by Gasteiger charge is -2.09. The van der Waals surface area contributed by atoms with Crippen molar-refractivity contribution >= 4 is 22.4 Å². The van der Waals surface area contributed by atoms with Crippen molar-refractivity contribution in [3.63, 3.8) is 0 Å². The Balaban J connectivity index is 1.96. The largest absolute Gasteiger partial charge is 0.493 e. The van der Waals surface area contributed by atoms with E-state index in [1.54, 1.807) is 29.8 Å². The van der Waals surface area contributed by atoms with Crippen LogP contribution in [-0.2, 0) is 0 Å². The molecule has 1 heterocycles. The van der Waals surface area contributed by atoms with E-state index in [-0.39, 0.29) is 5.91 Å². The van der Waals surface area contributed by atoms with Crippen LogP contribution in [-0.4, -0.2) is 22.7 Å². The van der Waals surface area contributed by atoms with Crippen LogP contribution in [0.3, 0.4) is 0 Å². The molecule has 0 bridgehead atoms. The van der Waals surface area contributed by atoms with Gasteiger partial charge in [-0.25, -0.2) is 0 Å². The minimum Gasteiger partial charge on any atom is -0.493 e. The van der Waals surface area contributed by atoms with Crippen molar-refractivity contribution in [1.29, 1.82) is 0 Å². The van der Waals surface area contributed by atoms with Gasteiger partial charge in [0.25, 0.3) is 5.91 Å². The summed E-state index contributed by atoms with van der Waals surface area (Å²) in [6, 6.07) is 7.03. The van der Waals surface area contributed by atoms with Gasteiger partial charge in [0.05, 0.1) is 6.61 Å². The molecule has 0 atom stereocenters. The first-order chi connectivity index (χ1) is 9.15. The van der Waals surface area contributed by atoms with Gasteiger partial charge < -0.3 is 4.74 Å². The molecule has 1 amide bonds. The van der Waals surface area contributed by atoms with Crippen molar-refractivity contribution in [3.05, 3.63) is 35.3 Å². The number of carbonyl (C=O) groups excluding carboxylic acids is 1. The van der Waals surface area contributed by atoms with Gasteiger partial charge in [0, 0.05) is 5.56 Å². The van der Waals surface area contributed by atoms with Crippen molar-refractivity contribution < 1.29 is 9.53 Å². The number of carbonyl (C=O) groups is 1. The number of benzene rings is 1. The maximum atomic E-state index is 11.9. The van der Waals surface area contributed by atoms with Gasteiger partial charge in [-0.3, -0.25) is 10.1 Å². The van der Waals surface area contributed by atoms with Crippen LogP contribution in [0.1, 0.15) is 24.2 Å². The first-order valence-electron chi connectivity index (χ1n) is 5.95. The number of nitrogens with one attached hydrogen (secondary N) is 1. The van der Waals surface area contributed by atoms with Gasteiger partial charge in [-0.15, -0.1) is 10.2 Å². The summed E-state index contributed by atoms with van der Waals surface area (Å²) < 4.78 is 5.56. The molecule has 0 aliphatic heterocycles. The number of hydrogen-bond donors (Lipinski definition) is 1. The summed E-state index contributed by atoms with van der Waals surface area (Å²) in [7, 11) is 0. The van der Waals surface area contributed by atoms with Gasteiger partial charge in [0.2, 0.25) is 5.13 Å². The third-order valence-electron chi connectivity index (χ3n) is 2.28. The molecule has 0 aliphatic carbocycles. The van der Waals surface area contributed by atoms with E-state index < -0.39 is 0 Å². The summed E-state index contributed by atoms with van der Waals surface area (Å²) >= 11 is 1.28. The standard InChI is InChI=1S/C13H15N3O2S/c1-9(2)7-18-11-5-3-10(4-6-11)12(17)15-13-16-14-8-19-13/h3-6,8-9H,7H2,1-2H3,(H,15,16,17). The minimum atomic E-state index is -0.202. The van der Waals surface area contributed by atoms with Crippen LogP contribution in [0.15, 0.2) is 29.8 Å². The van der Waals surface area contributed by atoms with Crippen LogP contribution in [0.25, 0.3) is 0 Å². The SMILES string of the molecule is CC(C)COc1ccc(C(=O)Nc2nncs2)cc1. The number of amides is 1. The first-order valence-corrected chi connectivity index (χ1v) is 6.83. The van der Waals surface area contributed by atoms with Crippen molar-refractivity contribution in [2.75, 3.05) is 11.9 Å². The highest BCUT2D eigenvalue weighted by molar-refractivity contribution is 7.13. The molecule has 0 unspecified atom stereocenters.